The highest BCUT2D eigenvalue weighted by Crippen LogP contribution is 2.22. The quantitative estimate of drug-likeness (QED) is 0.612. The van der Waals surface area contributed by atoms with Gasteiger partial charge in [0.1, 0.15) is 5.75 Å². The summed E-state index contributed by atoms with van der Waals surface area (Å²) in [6.07, 6.45) is -0.411. The first kappa shape index (κ1) is 22.4. The second-order valence-electron chi connectivity index (χ2n) is 6.69. The lowest BCUT2D eigenvalue weighted by Crippen LogP contribution is -2.26. The summed E-state index contributed by atoms with van der Waals surface area (Å²) in [6, 6.07) is 22.0. The van der Waals surface area contributed by atoms with Gasteiger partial charge in [-0.05, 0) is 47.9 Å². The van der Waals surface area contributed by atoms with Crippen molar-refractivity contribution in [3.05, 3.63) is 77.9 Å². The molecule has 0 saturated carbocycles. The minimum Gasteiger partial charge on any atom is -0.497 e. The van der Waals surface area contributed by atoms with Gasteiger partial charge in [-0.1, -0.05) is 54.6 Å². The lowest BCUT2D eigenvalue weighted by molar-refractivity contribution is -0.149. The highest BCUT2D eigenvalue weighted by Gasteiger charge is 2.17. The molecule has 3 N–H and O–H groups in total. The normalized spacial score (nSPS) is 12.6. The number of carboxylic acids is 1. The summed E-state index contributed by atoms with van der Waals surface area (Å²) in [6.45, 7) is 4.19. The lowest BCUT2D eigenvalue weighted by Gasteiger charge is -2.12. The number of nitrogens with two attached hydrogens (primary N) is 1. The minimum atomic E-state index is -0.933. The summed E-state index contributed by atoms with van der Waals surface area (Å²) >= 11 is 0. The lowest BCUT2D eigenvalue weighted by atomic mass is 10.0. The largest absolute Gasteiger partial charge is 0.497 e. The molecule has 0 aliphatic heterocycles. The van der Waals surface area contributed by atoms with Crippen molar-refractivity contribution in [1.82, 2.24) is 0 Å². The topological polar surface area (TPSA) is 81.8 Å². The maximum Gasteiger partial charge on any atom is 0.333 e. The Hall–Kier alpha value is -2.89. The van der Waals surface area contributed by atoms with E-state index in [1.54, 1.807) is 26.2 Å². The van der Waals surface area contributed by atoms with Crippen LogP contribution < -0.4 is 10.5 Å². The van der Waals surface area contributed by atoms with Crippen LogP contribution in [-0.2, 0) is 16.0 Å². The molecule has 29 heavy (non-hydrogen) atoms. The highest BCUT2D eigenvalue weighted by molar-refractivity contribution is 5.86. The summed E-state index contributed by atoms with van der Waals surface area (Å²) in [4.78, 5) is 10.9. The Morgan fingerprint density at radius 3 is 2.28 bits per heavy atom. The van der Waals surface area contributed by atoms with E-state index in [0.717, 1.165) is 11.3 Å². The first-order valence-electron chi connectivity index (χ1n) is 9.66. The third-order valence-electron chi connectivity index (χ3n) is 4.54. The Bertz CT molecular complexity index is 901. The number of methoxy groups -OCH3 is 1. The molecule has 2 atom stereocenters. The minimum absolute atomic E-state index is 0.103. The van der Waals surface area contributed by atoms with Crippen LogP contribution in [0.15, 0.2) is 66.7 Å². The van der Waals surface area contributed by atoms with Crippen molar-refractivity contribution in [1.29, 1.82) is 0 Å². The van der Waals surface area contributed by atoms with E-state index in [0.29, 0.717) is 13.0 Å². The molecule has 3 aromatic carbocycles. The molecular formula is C24H29NO4. The molecule has 0 spiro atoms. The van der Waals surface area contributed by atoms with E-state index >= 15 is 0 Å². The monoisotopic (exact) mass is 395 g/mol. The maximum atomic E-state index is 10.9. The SMILES string of the molecule is CCO[C@H](Cc1ccc(OC)cc1)C(=O)O.C[C@@H](N)c1cccc2ccccc12. The predicted octanol–water partition coefficient (Wildman–Crippen LogP) is 4.59. The van der Waals surface area contributed by atoms with Crippen molar-refractivity contribution in [2.75, 3.05) is 13.7 Å². The second kappa shape index (κ2) is 11.2. The summed E-state index contributed by atoms with van der Waals surface area (Å²) in [5, 5.41) is 11.4. The van der Waals surface area contributed by atoms with Crippen LogP contribution >= 0.6 is 0 Å². The van der Waals surface area contributed by atoms with Gasteiger partial charge in [-0.3, -0.25) is 0 Å². The van der Waals surface area contributed by atoms with E-state index in [2.05, 4.69) is 30.3 Å². The molecule has 0 bridgehead atoms. The first-order valence-corrected chi connectivity index (χ1v) is 9.66. The Balaban J connectivity index is 0.000000211. The van der Waals surface area contributed by atoms with Gasteiger partial charge in [-0.2, -0.15) is 0 Å². The number of hydrogen-bond donors (Lipinski definition) is 2. The van der Waals surface area contributed by atoms with Crippen LogP contribution in [0.2, 0.25) is 0 Å². The number of benzene rings is 3. The van der Waals surface area contributed by atoms with Crippen LogP contribution in [0.3, 0.4) is 0 Å². The number of carbonyl (C=O) groups is 1. The number of aliphatic carboxylic acids is 1. The van der Waals surface area contributed by atoms with Gasteiger partial charge in [-0.25, -0.2) is 4.79 Å². The first-order chi connectivity index (χ1) is 14.0. The molecule has 0 aliphatic carbocycles. The Morgan fingerprint density at radius 2 is 1.69 bits per heavy atom. The second-order valence-corrected chi connectivity index (χ2v) is 6.69. The summed E-state index contributed by atoms with van der Waals surface area (Å²) < 4.78 is 10.2. The van der Waals surface area contributed by atoms with Gasteiger partial charge >= 0.3 is 5.97 Å². The van der Waals surface area contributed by atoms with Crippen molar-refractivity contribution >= 4 is 16.7 Å². The molecule has 0 amide bonds. The summed E-state index contributed by atoms with van der Waals surface area (Å²) in [5.41, 5.74) is 8.02. The van der Waals surface area contributed by atoms with Crippen molar-refractivity contribution in [3.8, 4) is 5.75 Å². The highest BCUT2D eigenvalue weighted by atomic mass is 16.5. The smallest absolute Gasteiger partial charge is 0.333 e. The van der Waals surface area contributed by atoms with Gasteiger partial charge in [0, 0.05) is 19.1 Å². The van der Waals surface area contributed by atoms with Crippen LogP contribution in [0.4, 0.5) is 0 Å². The summed E-state index contributed by atoms with van der Waals surface area (Å²) in [7, 11) is 1.59. The third-order valence-corrected chi connectivity index (χ3v) is 4.54. The van der Waals surface area contributed by atoms with Crippen molar-refractivity contribution in [2.24, 2.45) is 5.73 Å². The zero-order valence-corrected chi connectivity index (χ0v) is 17.2. The molecule has 0 unspecified atom stereocenters. The van der Waals surface area contributed by atoms with Gasteiger partial charge in [0.05, 0.1) is 7.11 Å². The van der Waals surface area contributed by atoms with Crippen molar-refractivity contribution in [2.45, 2.75) is 32.4 Å². The fourth-order valence-corrected chi connectivity index (χ4v) is 3.04. The number of ether oxygens (including phenoxy) is 2. The van der Waals surface area contributed by atoms with E-state index in [4.69, 9.17) is 20.3 Å². The van der Waals surface area contributed by atoms with Crippen LogP contribution in [-0.4, -0.2) is 30.9 Å². The van der Waals surface area contributed by atoms with Gasteiger partial charge in [0.25, 0.3) is 0 Å². The van der Waals surface area contributed by atoms with Gasteiger partial charge in [0.15, 0.2) is 6.10 Å². The van der Waals surface area contributed by atoms with Gasteiger partial charge in [0.2, 0.25) is 0 Å². The molecule has 3 rings (SSSR count). The Labute approximate surface area is 172 Å². The zero-order chi connectivity index (χ0) is 21.2. The molecule has 0 aromatic heterocycles. The standard InChI is InChI=1S/C12H13N.C12H16O4/c1-9(13)11-8-4-6-10-5-2-3-7-12(10)11;1-3-16-11(12(13)14)8-9-4-6-10(15-2)7-5-9/h2-9H,13H2,1H3;4-7,11H,3,8H2,1-2H3,(H,13,14)/t9-;11-/m11/s1. The van der Waals surface area contributed by atoms with E-state index in [9.17, 15) is 4.79 Å². The fourth-order valence-electron chi connectivity index (χ4n) is 3.04. The molecule has 5 heteroatoms. The van der Waals surface area contributed by atoms with Crippen LogP contribution in [0, 0.1) is 0 Å². The van der Waals surface area contributed by atoms with Crippen LogP contribution in [0.25, 0.3) is 10.8 Å². The zero-order valence-electron chi connectivity index (χ0n) is 17.2. The molecular weight excluding hydrogens is 366 g/mol. The number of fused-ring (bicyclic) bond motifs is 1. The Kier molecular flexibility index (Phi) is 8.65. The third kappa shape index (κ3) is 6.59. The van der Waals surface area contributed by atoms with Crippen molar-refractivity contribution in [3.63, 3.8) is 0 Å². The van der Waals surface area contributed by atoms with E-state index in [-0.39, 0.29) is 6.04 Å². The number of carboxylic acid groups (broad SMARTS) is 1. The molecule has 0 fully saturated rings. The van der Waals surface area contributed by atoms with Crippen LogP contribution in [0.1, 0.15) is 31.0 Å². The Morgan fingerprint density at radius 1 is 1.03 bits per heavy atom. The van der Waals surface area contributed by atoms with E-state index in [1.807, 2.05) is 31.2 Å². The predicted molar refractivity (Wildman–Crippen MR) is 116 cm³/mol. The summed E-state index contributed by atoms with van der Waals surface area (Å²) in [5.74, 6) is -0.176. The molecule has 5 nitrogen and oxygen atoms in total. The molecule has 0 radical (unpaired) electrons. The van der Waals surface area contributed by atoms with Crippen molar-refractivity contribution < 1.29 is 19.4 Å². The fraction of sp³-hybridized carbons (Fsp3) is 0.292. The van der Waals surface area contributed by atoms with E-state index in [1.165, 1.54) is 16.3 Å². The molecule has 3 aromatic rings. The molecule has 154 valence electrons. The number of rotatable bonds is 7. The maximum absolute atomic E-state index is 10.9. The van der Waals surface area contributed by atoms with Crippen LogP contribution in [0.5, 0.6) is 5.75 Å². The molecule has 0 saturated heterocycles. The molecule has 0 aliphatic rings. The molecule has 0 heterocycles. The van der Waals surface area contributed by atoms with E-state index < -0.39 is 12.1 Å². The van der Waals surface area contributed by atoms with Gasteiger partial charge in [-0.15, -0.1) is 0 Å². The average Bonchev–Trinajstić information content (AvgIpc) is 2.74. The number of hydrogen-bond acceptors (Lipinski definition) is 4. The van der Waals surface area contributed by atoms with Gasteiger partial charge < -0.3 is 20.3 Å². The average molecular weight is 395 g/mol.